The van der Waals surface area contributed by atoms with Gasteiger partial charge in [0, 0.05) is 30.1 Å². The Balaban J connectivity index is 1.65. The lowest BCUT2D eigenvalue weighted by Gasteiger charge is -2.19. The monoisotopic (exact) mass is 492 g/mol. The van der Waals surface area contributed by atoms with Crippen LogP contribution in [0.15, 0.2) is 67.0 Å². The van der Waals surface area contributed by atoms with E-state index in [1.54, 1.807) is 80.3 Å². The zero-order chi connectivity index (χ0) is 25.3. The summed E-state index contributed by atoms with van der Waals surface area (Å²) in [5.41, 5.74) is 9.69. The molecule has 2 aromatic carbocycles. The minimum absolute atomic E-state index is 0.192. The molecule has 0 aliphatic rings. The number of nitrogens with two attached hydrogens (primary N) is 1. The molecule has 9 heteroatoms. The number of carbonyl (C=O) groups is 2. The number of esters is 1. The van der Waals surface area contributed by atoms with Crippen LogP contribution in [0.1, 0.15) is 46.4 Å². The van der Waals surface area contributed by atoms with Crippen LogP contribution in [0.5, 0.6) is 0 Å². The molecule has 0 saturated carbocycles. The first-order chi connectivity index (χ1) is 16.7. The zero-order valence-corrected chi connectivity index (χ0v) is 20.2. The zero-order valence-electron chi connectivity index (χ0n) is 19.5. The molecule has 3 N–H and O–H groups in total. The minimum atomic E-state index is -1.05. The number of halogens is 1. The van der Waals surface area contributed by atoms with Gasteiger partial charge in [0.25, 0.3) is 5.91 Å². The number of aliphatic hydroxyl groups is 1. The molecule has 0 bridgehead atoms. The van der Waals surface area contributed by atoms with Gasteiger partial charge in [-0.2, -0.15) is 5.10 Å². The number of amides is 1. The number of ether oxygens (including phenoxy) is 1. The van der Waals surface area contributed by atoms with Crippen molar-refractivity contribution in [2.24, 2.45) is 5.73 Å². The maximum Gasteiger partial charge on any atom is 0.339 e. The Morgan fingerprint density at radius 1 is 1.11 bits per heavy atom. The molecule has 8 nitrogen and oxygen atoms in total. The van der Waals surface area contributed by atoms with Crippen molar-refractivity contribution in [1.82, 2.24) is 9.61 Å². The van der Waals surface area contributed by atoms with Crippen LogP contribution in [0.2, 0.25) is 5.02 Å². The number of carbonyl (C=O) groups excluding carboxylic acids is 2. The molecule has 2 aromatic heterocycles. The lowest BCUT2D eigenvalue weighted by molar-refractivity contribution is 0.0378. The second-order valence-corrected chi connectivity index (χ2v) is 8.76. The highest BCUT2D eigenvalue weighted by molar-refractivity contribution is 6.33. The smallest absolute Gasteiger partial charge is 0.339 e. The molecular formula is C26H25ClN4O4. The Morgan fingerprint density at radius 3 is 2.49 bits per heavy atom. The van der Waals surface area contributed by atoms with E-state index in [1.807, 2.05) is 12.1 Å². The quantitative estimate of drug-likeness (QED) is 0.304. The third-order valence-corrected chi connectivity index (χ3v) is 5.87. The van der Waals surface area contributed by atoms with Gasteiger partial charge in [0.05, 0.1) is 28.4 Å². The van der Waals surface area contributed by atoms with E-state index in [0.29, 0.717) is 16.8 Å². The normalized spacial score (nSPS) is 12.1. The first-order valence-electron chi connectivity index (χ1n) is 11.0. The number of aromatic nitrogens is 2. The van der Waals surface area contributed by atoms with E-state index >= 15 is 0 Å². The molecule has 1 amide bonds. The maximum absolute atomic E-state index is 13.3. The van der Waals surface area contributed by atoms with Crippen LogP contribution in [0.4, 0.5) is 5.69 Å². The van der Waals surface area contributed by atoms with Crippen LogP contribution >= 0.6 is 11.6 Å². The van der Waals surface area contributed by atoms with Gasteiger partial charge in [-0.1, -0.05) is 35.9 Å². The topological polar surface area (TPSA) is 110 Å². The highest BCUT2D eigenvalue weighted by Crippen LogP contribution is 2.28. The van der Waals surface area contributed by atoms with Crippen molar-refractivity contribution >= 4 is 34.7 Å². The molecule has 0 spiro atoms. The average Bonchev–Trinajstić information content (AvgIpc) is 3.26. The standard InChI is InChI=1S/C26H25ClN4O4/c1-15(2)35-26(34)20-13-19(8-9-22(20)27)30(3)25(33)18-10-11-31-23(12-18)21(14-29-31)16-4-6-17(7-5-16)24(28)32/h4-15,24,32H,28H2,1-3H3. The summed E-state index contributed by atoms with van der Waals surface area (Å²) in [5.74, 6) is -0.821. The number of aliphatic hydroxyl groups excluding tert-OH is 1. The molecule has 180 valence electrons. The van der Waals surface area contributed by atoms with Gasteiger partial charge in [0.1, 0.15) is 6.23 Å². The van der Waals surface area contributed by atoms with Gasteiger partial charge in [0.15, 0.2) is 0 Å². The number of anilines is 1. The Morgan fingerprint density at radius 2 is 1.83 bits per heavy atom. The predicted molar refractivity (Wildman–Crippen MR) is 135 cm³/mol. The number of nitrogens with zero attached hydrogens (tertiary/aromatic N) is 3. The molecule has 4 rings (SSSR count). The van der Waals surface area contributed by atoms with E-state index in [1.165, 1.54) is 4.90 Å². The summed E-state index contributed by atoms with van der Waals surface area (Å²) in [4.78, 5) is 27.2. The van der Waals surface area contributed by atoms with E-state index in [0.717, 1.165) is 16.6 Å². The third-order valence-electron chi connectivity index (χ3n) is 5.54. The second-order valence-electron chi connectivity index (χ2n) is 8.35. The average molecular weight is 493 g/mol. The summed E-state index contributed by atoms with van der Waals surface area (Å²) >= 11 is 6.20. The molecule has 1 unspecified atom stereocenters. The van der Waals surface area contributed by atoms with Gasteiger partial charge in [-0.25, -0.2) is 9.31 Å². The van der Waals surface area contributed by atoms with Crippen molar-refractivity contribution < 1.29 is 19.4 Å². The Kier molecular flexibility index (Phi) is 6.88. The van der Waals surface area contributed by atoms with Crippen LogP contribution < -0.4 is 10.6 Å². The Hall–Kier alpha value is -3.72. The first kappa shape index (κ1) is 24.4. The van der Waals surface area contributed by atoms with Crippen molar-refractivity contribution in [1.29, 1.82) is 0 Å². The van der Waals surface area contributed by atoms with Crippen molar-refractivity contribution in [2.75, 3.05) is 11.9 Å². The van der Waals surface area contributed by atoms with Gasteiger partial charge in [-0.15, -0.1) is 0 Å². The van der Waals surface area contributed by atoms with Crippen molar-refractivity contribution in [3.63, 3.8) is 0 Å². The summed E-state index contributed by atoms with van der Waals surface area (Å²) < 4.78 is 6.94. The third kappa shape index (κ3) is 5.05. The number of hydrogen-bond acceptors (Lipinski definition) is 6. The number of hydrogen-bond donors (Lipinski definition) is 2. The molecular weight excluding hydrogens is 468 g/mol. The molecule has 4 aromatic rings. The van der Waals surface area contributed by atoms with E-state index in [2.05, 4.69) is 5.10 Å². The molecule has 0 aliphatic heterocycles. The molecule has 0 radical (unpaired) electrons. The fraction of sp³-hybridized carbons (Fsp3) is 0.192. The lowest BCUT2D eigenvalue weighted by Crippen LogP contribution is -2.26. The number of benzene rings is 2. The second kappa shape index (κ2) is 9.87. The van der Waals surface area contributed by atoms with Gasteiger partial charge < -0.3 is 20.5 Å². The fourth-order valence-corrected chi connectivity index (χ4v) is 3.86. The number of pyridine rings is 1. The maximum atomic E-state index is 13.3. The van der Waals surface area contributed by atoms with Gasteiger partial charge in [-0.3, -0.25) is 4.79 Å². The van der Waals surface area contributed by atoms with Gasteiger partial charge in [-0.05, 0) is 55.3 Å². The Bertz CT molecular complexity index is 1400. The number of fused-ring (bicyclic) bond motifs is 1. The molecule has 0 saturated heterocycles. The summed E-state index contributed by atoms with van der Waals surface area (Å²) in [6.07, 6.45) is 2.08. The van der Waals surface area contributed by atoms with E-state index in [4.69, 9.17) is 22.1 Å². The lowest BCUT2D eigenvalue weighted by atomic mass is 10.0. The fourth-order valence-electron chi connectivity index (χ4n) is 3.66. The van der Waals surface area contributed by atoms with E-state index in [9.17, 15) is 14.7 Å². The Labute approximate surface area is 207 Å². The molecule has 35 heavy (non-hydrogen) atoms. The van der Waals surface area contributed by atoms with Crippen LogP contribution in [0.3, 0.4) is 0 Å². The highest BCUT2D eigenvalue weighted by atomic mass is 35.5. The summed E-state index contributed by atoms with van der Waals surface area (Å²) in [6.45, 7) is 3.50. The predicted octanol–water partition coefficient (Wildman–Crippen LogP) is 4.45. The van der Waals surface area contributed by atoms with Crippen LogP contribution in [-0.4, -0.2) is 39.7 Å². The van der Waals surface area contributed by atoms with Crippen molar-refractivity contribution in [3.8, 4) is 11.1 Å². The van der Waals surface area contributed by atoms with Crippen molar-refractivity contribution in [3.05, 3.63) is 88.7 Å². The minimum Gasteiger partial charge on any atom is -0.459 e. The van der Waals surface area contributed by atoms with Crippen LogP contribution in [0, 0.1) is 0 Å². The summed E-state index contributed by atoms with van der Waals surface area (Å²) in [6, 6.07) is 15.4. The van der Waals surface area contributed by atoms with E-state index < -0.39 is 12.2 Å². The van der Waals surface area contributed by atoms with Crippen molar-refractivity contribution in [2.45, 2.75) is 26.2 Å². The van der Waals surface area contributed by atoms with Gasteiger partial charge in [0.2, 0.25) is 0 Å². The number of rotatable bonds is 6. The highest BCUT2D eigenvalue weighted by Gasteiger charge is 2.20. The van der Waals surface area contributed by atoms with Gasteiger partial charge >= 0.3 is 5.97 Å². The first-order valence-corrected chi connectivity index (χ1v) is 11.3. The SMILES string of the molecule is CC(C)OC(=O)c1cc(N(C)C(=O)c2ccn3ncc(-c4ccc(C(N)O)cc4)c3c2)ccc1Cl. The largest absolute Gasteiger partial charge is 0.459 e. The summed E-state index contributed by atoms with van der Waals surface area (Å²) in [7, 11) is 1.63. The molecule has 0 fully saturated rings. The van der Waals surface area contributed by atoms with Crippen LogP contribution in [-0.2, 0) is 4.74 Å². The van der Waals surface area contributed by atoms with E-state index in [-0.39, 0.29) is 22.6 Å². The van der Waals surface area contributed by atoms with Crippen LogP contribution in [0.25, 0.3) is 16.6 Å². The molecule has 1 atom stereocenters. The summed E-state index contributed by atoms with van der Waals surface area (Å²) in [5, 5.41) is 14.2. The molecule has 0 aliphatic carbocycles. The molecule has 2 heterocycles.